The molecule has 4 N–H and O–H groups in total. The SMILES string of the molecule is CNc1ccc([N+](=O)[O-])cc1NCC(=O)CC[C@@H](NC(=O)OC(C)(C)C)C(=O)O. The van der Waals surface area contributed by atoms with Crippen LogP contribution in [0.4, 0.5) is 21.9 Å². The molecule has 0 heterocycles. The number of Topliss-reactive ketones (excluding diaryl/α,β-unsaturated/α-hetero) is 1. The van der Waals surface area contributed by atoms with E-state index in [9.17, 15) is 29.6 Å². The van der Waals surface area contributed by atoms with Crippen LogP contribution in [0.2, 0.25) is 0 Å². The third-order valence-corrected chi connectivity index (χ3v) is 3.66. The van der Waals surface area contributed by atoms with E-state index in [1.807, 2.05) is 0 Å². The Labute approximate surface area is 168 Å². The van der Waals surface area contributed by atoms with Crippen molar-refractivity contribution in [2.75, 3.05) is 24.2 Å². The van der Waals surface area contributed by atoms with Gasteiger partial charge in [0.05, 0.1) is 22.8 Å². The van der Waals surface area contributed by atoms with Gasteiger partial charge < -0.3 is 25.8 Å². The van der Waals surface area contributed by atoms with Gasteiger partial charge in [-0.25, -0.2) is 9.59 Å². The topological polar surface area (TPSA) is 160 Å². The lowest BCUT2D eigenvalue weighted by atomic mass is 10.1. The molecule has 1 rings (SSSR count). The minimum Gasteiger partial charge on any atom is -0.480 e. The number of hydrogen-bond acceptors (Lipinski definition) is 8. The first-order chi connectivity index (χ1) is 13.4. The van der Waals surface area contributed by atoms with E-state index in [0.717, 1.165) is 0 Å². The van der Waals surface area contributed by atoms with Crippen LogP contribution in [0.3, 0.4) is 0 Å². The van der Waals surface area contributed by atoms with Gasteiger partial charge in [0.15, 0.2) is 5.78 Å². The minimum absolute atomic E-state index is 0.121. The molecule has 1 amide bonds. The largest absolute Gasteiger partial charge is 0.480 e. The van der Waals surface area contributed by atoms with E-state index < -0.39 is 28.6 Å². The van der Waals surface area contributed by atoms with Crippen molar-refractivity contribution >= 4 is 34.9 Å². The number of nitro groups is 1. The summed E-state index contributed by atoms with van der Waals surface area (Å²) in [4.78, 5) is 45.5. The lowest BCUT2D eigenvalue weighted by molar-refractivity contribution is -0.384. The molecule has 0 saturated heterocycles. The van der Waals surface area contributed by atoms with E-state index in [0.29, 0.717) is 11.4 Å². The molecule has 0 aromatic heterocycles. The van der Waals surface area contributed by atoms with E-state index in [1.54, 1.807) is 27.8 Å². The first kappa shape index (κ1) is 23.7. The van der Waals surface area contributed by atoms with Gasteiger partial charge in [-0.3, -0.25) is 14.9 Å². The maximum atomic E-state index is 12.1. The van der Waals surface area contributed by atoms with Gasteiger partial charge in [0, 0.05) is 25.6 Å². The zero-order valence-electron chi connectivity index (χ0n) is 16.8. The second-order valence-electron chi connectivity index (χ2n) is 7.20. The molecule has 1 atom stereocenters. The fourth-order valence-electron chi connectivity index (χ4n) is 2.30. The number of carboxylic acids is 1. The third-order valence-electron chi connectivity index (χ3n) is 3.66. The molecule has 0 radical (unpaired) electrons. The zero-order valence-corrected chi connectivity index (χ0v) is 16.8. The number of rotatable bonds is 10. The average molecular weight is 410 g/mol. The summed E-state index contributed by atoms with van der Waals surface area (Å²) in [5, 5.41) is 28.0. The molecule has 0 fully saturated rings. The lowest BCUT2D eigenvalue weighted by Crippen LogP contribution is -2.43. The second-order valence-corrected chi connectivity index (χ2v) is 7.20. The highest BCUT2D eigenvalue weighted by Crippen LogP contribution is 2.26. The average Bonchev–Trinajstić information content (AvgIpc) is 2.61. The summed E-state index contributed by atoms with van der Waals surface area (Å²) in [5.74, 6) is -1.61. The number of ketones is 1. The fourth-order valence-corrected chi connectivity index (χ4v) is 2.30. The number of nitrogens with zero attached hydrogens (tertiary/aromatic N) is 1. The van der Waals surface area contributed by atoms with Gasteiger partial charge in [0.25, 0.3) is 5.69 Å². The number of anilines is 2. The first-order valence-corrected chi connectivity index (χ1v) is 8.87. The van der Waals surface area contributed by atoms with E-state index >= 15 is 0 Å². The van der Waals surface area contributed by atoms with Crippen molar-refractivity contribution in [1.82, 2.24) is 5.32 Å². The van der Waals surface area contributed by atoms with E-state index in [4.69, 9.17) is 4.74 Å². The highest BCUT2D eigenvalue weighted by Gasteiger charge is 2.24. The summed E-state index contributed by atoms with van der Waals surface area (Å²) >= 11 is 0. The summed E-state index contributed by atoms with van der Waals surface area (Å²) in [5.41, 5.74) is 0.0255. The number of aliphatic carboxylic acids is 1. The van der Waals surface area contributed by atoms with Crippen LogP contribution in [0.1, 0.15) is 33.6 Å². The standard InChI is InChI=1S/C18H26N4O7/c1-18(2,3)29-17(26)21-14(16(24)25)8-6-12(23)10-20-15-9-11(22(27)28)5-7-13(15)19-4/h5,7,9,14,19-20H,6,8,10H2,1-4H3,(H,21,26)(H,24,25)/t14-/m1/s1. The quantitative estimate of drug-likeness (QED) is 0.335. The van der Waals surface area contributed by atoms with Crippen LogP contribution in [-0.2, 0) is 14.3 Å². The van der Waals surface area contributed by atoms with E-state index in [-0.39, 0.29) is 30.9 Å². The molecule has 1 aromatic carbocycles. The van der Waals surface area contributed by atoms with Crippen molar-refractivity contribution in [2.24, 2.45) is 0 Å². The highest BCUT2D eigenvalue weighted by molar-refractivity contribution is 5.86. The number of nitro benzene ring substituents is 1. The Balaban J connectivity index is 2.63. The molecule has 0 aliphatic carbocycles. The van der Waals surface area contributed by atoms with Crippen molar-refractivity contribution in [3.63, 3.8) is 0 Å². The van der Waals surface area contributed by atoms with Crippen LogP contribution in [0, 0.1) is 10.1 Å². The molecule has 11 heteroatoms. The summed E-state index contributed by atoms with van der Waals surface area (Å²) in [6.45, 7) is 4.77. The predicted octanol–water partition coefficient (Wildman–Crippen LogP) is 2.38. The lowest BCUT2D eigenvalue weighted by Gasteiger charge is -2.22. The number of nitrogens with one attached hydrogen (secondary N) is 3. The van der Waals surface area contributed by atoms with Crippen molar-refractivity contribution in [3.8, 4) is 0 Å². The molecule has 0 unspecified atom stereocenters. The minimum atomic E-state index is -1.28. The number of carbonyl (C=O) groups excluding carboxylic acids is 2. The molecule has 1 aromatic rings. The number of non-ortho nitro benzene ring substituents is 1. The maximum absolute atomic E-state index is 12.1. The number of hydrogen-bond donors (Lipinski definition) is 4. The Bertz CT molecular complexity index is 774. The molecular weight excluding hydrogens is 384 g/mol. The number of alkyl carbamates (subject to hydrolysis) is 1. The molecule has 160 valence electrons. The zero-order chi connectivity index (χ0) is 22.2. The normalized spacial score (nSPS) is 11.9. The number of benzene rings is 1. The van der Waals surface area contributed by atoms with Gasteiger partial charge in [-0.2, -0.15) is 0 Å². The molecule has 0 spiro atoms. The van der Waals surface area contributed by atoms with Crippen LogP contribution in [0.15, 0.2) is 18.2 Å². The molecule has 11 nitrogen and oxygen atoms in total. The second kappa shape index (κ2) is 10.2. The van der Waals surface area contributed by atoms with Crippen LogP contribution >= 0.6 is 0 Å². The molecule has 0 bridgehead atoms. The van der Waals surface area contributed by atoms with Gasteiger partial charge in [-0.1, -0.05) is 0 Å². The van der Waals surface area contributed by atoms with Crippen LogP contribution < -0.4 is 16.0 Å². The first-order valence-electron chi connectivity index (χ1n) is 8.87. The van der Waals surface area contributed by atoms with Gasteiger partial charge in [-0.05, 0) is 33.3 Å². The number of carbonyl (C=O) groups is 3. The van der Waals surface area contributed by atoms with Gasteiger partial charge in [0.1, 0.15) is 11.6 Å². The third kappa shape index (κ3) is 8.45. The predicted molar refractivity (Wildman–Crippen MR) is 106 cm³/mol. The van der Waals surface area contributed by atoms with Crippen molar-refractivity contribution in [1.29, 1.82) is 0 Å². The van der Waals surface area contributed by atoms with Crippen LogP contribution in [0.5, 0.6) is 0 Å². The monoisotopic (exact) mass is 410 g/mol. The summed E-state index contributed by atoms with van der Waals surface area (Å²) in [6.07, 6.45) is -1.13. The Morgan fingerprint density at radius 1 is 1.24 bits per heavy atom. The highest BCUT2D eigenvalue weighted by atomic mass is 16.6. The summed E-state index contributed by atoms with van der Waals surface area (Å²) < 4.78 is 5.01. The van der Waals surface area contributed by atoms with Gasteiger partial charge >= 0.3 is 12.1 Å². The molecule has 0 aliphatic rings. The van der Waals surface area contributed by atoms with Crippen molar-refractivity contribution in [2.45, 2.75) is 45.3 Å². The molecule has 0 aliphatic heterocycles. The molecule has 0 saturated carbocycles. The van der Waals surface area contributed by atoms with Gasteiger partial charge in [0.2, 0.25) is 0 Å². The van der Waals surface area contributed by atoms with Crippen molar-refractivity contribution < 1.29 is 29.2 Å². The van der Waals surface area contributed by atoms with Crippen LogP contribution in [0.25, 0.3) is 0 Å². The van der Waals surface area contributed by atoms with Crippen LogP contribution in [-0.4, -0.2) is 53.1 Å². The summed E-state index contributed by atoms with van der Waals surface area (Å²) in [7, 11) is 1.63. The molecular formula is C18H26N4O7. The Morgan fingerprint density at radius 2 is 1.90 bits per heavy atom. The fraction of sp³-hybridized carbons (Fsp3) is 0.500. The summed E-state index contributed by atoms with van der Waals surface area (Å²) in [6, 6.07) is 2.86. The smallest absolute Gasteiger partial charge is 0.408 e. The maximum Gasteiger partial charge on any atom is 0.408 e. The van der Waals surface area contributed by atoms with Gasteiger partial charge in [-0.15, -0.1) is 0 Å². The van der Waals surface area contributed by atoms with E-state index in [2.05, 4.69) is 16.0 Å². The van der Waals surface area contributed by atoms with Crippen molar-refractivity contribution in [3.05, 3.63) is 28.3 Å². The number of ether oxygens (including phenoxy) is 1. The Kier molecular flexibility index (Phi) is 8.37. The number of amides is 1. The Hall–Kier alpha value is -3.37. The number of carboxylic acid groups (broad SMARTS) is 1. The van der Waals surface area contributed by atoms with E-state index in [1.165, 1.54) is 18.2 Å². The Morgan fingerprint density at radius 3 is 2.41 bits per heavy atom. The molecule has 29 heavy (non-hydrogen) atoms.